The van der Waals surface area contributed by atoms with Crippen LogP contribution >= 0.6 is 15.9 Å². The van der Waals surface area contributed by atoms with Crippen LogP contribution in [0.2, 0.25) is 0 Å². The molecule has 7 nitrogen and oxygen atoms in total. The topological polar surface area (TPSA) is 92.5 Å². The molecule has 184 valence electrons. The lowest BCUT2D eigenvalue weighted by Crippen LogP contribution is -2.41. The van der Waals surface area contributed by atoms with Crippen LogP contribution in [0.25, 0.3) is 12.2 Å². The lowest BCUT2D eigenvalue weighted by Gasteiger charge is -2.30. The first kappa shape index (κ1) is 25.2. The highest BCUT2D eigenvalue weighted by Gasteiger charge is 2.36. The molecule has 0 bridgehead atoms. The summed E-state index contributed by atoms with van der Waals surface area (Å²) in [5.74, 6) is -1.85. The SMILES string of the molecule is Cc1noc(/C=C/c2ccccc2F)c1S(=O)(=O)N1CCC(C(=O)Nc2ccc(Br)cc2F)CC1. The second-order valence-electron chi connectivity index (χ2n) is 8.11. The molecule has 35 heavy (non-hydrogen) atoms. The number of benzene rings is 2. The van der Waals surface area contributed by atoms with E-state index in [1.54, 1.807) is 24.3 Å². The maximum atomic E-state index is 14.0. The number of carbonyl (C=O) groups excluding carboxylic acids is 1. The summed E-state index contributed by atoms with van der Waals surface area (Å²) in [5, 5.41) is 6.36. The fourth-order valence-electron chi connectivity index (χ4n) is 3.89. The van der Waals surface area contributed by atoms with E-state index in [0.717, 1.165) is 0 Å². The van der Waals surface area contributed by atoms with Crippen molar-refractivity contribution in [2.75, 3.05) is 18.4 Å². The third-order valence-corrected chi connectivity index (χ3v) is 8.32. The fraction of sp³-hybridized carbons (Fsp3) is 0.250. The number of hydrogen-bond acceptors (Lipinski definition) is 5. The lowest BCUT2D eigenvalue weighted by molar-refractivity contribution is -0.120. The van der Waals surface area contributed by atoms with Crippen LogP contribution in [0.15, 0.2) is 56.4 Å². The number of rotatable bonds is 6. The van der Waals surface area contributed by atoms with Crippen molar-refractivity contribution in [3.63, 3.8) is 0 Å². The highest BCUT2D eigenvalue weighted by atomic mass is 79.9. The second-order valence-corrected chi connectivity index (χ2v) is 10.9. The molecule has 1 N–H and O–H groups in total. The summed E-state index contributed by atoms with van der Waals surface area (Å²) in [7, 11) is -3.98. The van der Waals surface area contributed by atoms with Crippen molar-refractivity contribution < 1.29 is 26.5 Å². The first-order valence-electron chi connectivity index (χ1n) is 10.8. The van der Waals surface area contributed by atoms with Crippen LogP contribution in [-0.2, 0) is 14.8 Å². The van der Waals surface area contributed by atoms with Gasteiger partial charge in [0, 0.05) is 29.0 Å². The number of anilines is 1. The molecule has 11 heteroatoms. The van der Waals surface area contributed by atoms with Crippen LogP contribution in [0.4, 0.5) is 14.5 Å². The van der Waals surface area contributed by atoms with E-state index in [4.69, 9.17) is 4.52 Å². The van der Waals surface area contributed by atoms with E-state index >= 15 is 0 Å². The van der Waals surface area contributed by atoms with Crippen LogP contribution in [-0.4, -0.2) is 36.9 Å². The van der Waals surface area contributed by atoms with Gasteiger partial charge in [-0.1, -0.05) is 39.3 Å². The summed E-state index contributed by atoms with van der Waals surface area (Å²) >= 11 is 3.17. The van der Waals surface area contributed by atoms with Gasteiger partial charge in [0.15, 0.2) is 10.7 Å². The molecule has 0 radical (unpaired) electrons. The van der Waals surface area contributed by atoms with Gasteiger partial charge in [0.1, 0.15) is 17.3 Å². The van der Waals surface area contributed by atoms with E-state index in [9.17, 15) is 22.0 Å². The largest absolute Gasteiger partial charge is 0.355 e. The molecule has 3 aromatic rings. The number of aryl methyl sites for hydroxylation is 1. The molecule has 1 fully saturated rings. The van der Waals surface area contributed by atoms with Gasteiger partial charge in [0.25, 0.3) is 0 Å². The van der Waals surface area contributed by atoms with Crippen molar-refractivity contribution in [2.45, 2.75) is 24.7 Å². The first-order chi connectivity index (χ1) is 16.7. The normalized spacial score (nSPS) is 15.5. The number of amides is 1. The number of halogens is 3. The molecule has 1 saturated heterocycles. The third-order valence-electron chi connectivity index (χ3n) is 5.76. The third kappa shape index (κ3) is 5.52. The Morgan fingerprint density at radius 2 is 1.86 bits per heavy atom. The molecule has 0 aliphatic carbocycles. The monoisotopic (exact) mass is 565 g/mol. The molecule has 0 spiro atoms. The number of carbonyl (C=O) groups is 1. The zero-order valence-corrected chi connectivity index (χ0v) is 21.1. The Hall–Kier alpha value is -2.89. The van der Waals surface area contributed by atoms with Gasteiger partial charge in [-0.05, 0) is 56.2 Å². The number of nitrogens with zero attached hydrogens (tertiary/aromatic N) is 2. The lowest BCUT2D eigenvalue weighted by atomic mass is 9.97. The van der Waals surface area contributed by atoms with E-state index in [1.165, 1.54) is 41.6 Å². The minimum absolute atomic E-state index is 0.00340. The minimum Gasteiger partial charge on any atom is -0.355 e. The van der Waals surface area contributed by atoms with E-state index in [0.29, 0.717) is 4.47 Å². The number of hydrogen-bond donors (Lipinski definition) is 1. The summed E-state index contributed by atoms with van der Waals surface area (Å²) < 4.78 is 61.8. The Labute approximate surface area is 210 Å². The van der Waals surface area contributed by atoms with Crippen molar-refractivity contribution in [1.82, 2.24) is 9.46 Å². The zero-order chi connectivity index (χ0) is 25.2. The molecule has 0 saturated carbocycles. The van der Waals surface area contributed by atoms with Crippen molar-refractivity contribution in [1.29, 1.82) is 0 Å². The number of aromatic nitrogens is 1. The Morgan fingerprint density at radius 1 is 1.14 bits per heavy atom. The highest BCUT2D eigenvalue weighted by Crippen LogP contribution is 2.30. The standard InChI is InChI=1S/C24H22BrF2N3O4S/c1-15-23(22(34-29-15)9-6-16-4-2-3-5-19(16)26)35(32,33)30-12-10-17(11-13-30)24(31)28-21-8-7-18(25)14-20(21)27/h2-9,14,17H,10-13H2,1H3,(H,28,31)/b9-6+. The summed E-state index contributed by atoms with van der Waals surface area (Å²) in [6.07, 6.45) is 3.34. The zero-order valence-electron chi connectivity index (χ0n) is 18.7. The maximum Gasteiger partial charge on any atom is 0.248 e. The molecule has 0 atom stereocenters. The maximum absolute atomic E-state index is 14.0. The van der Waals surface area contributed by atoms with E-state index in [2.05, 4.69) is 26.4 Å². The summed E-state index contributed by atoms with van der Waals surface area (Å²) in [6, 6.07) is 10.4. The van der Waals surface area contributed by atoms with Crippen LogP contribution in [0, 0.1) is 24.5 Å². The number of nitrogens with one attached hydrogen (secondary N) is 1. The average Bonchev–Trinajstić information content (AvgIpc) is 3.21. The second kappa shape index (κ2) is 10.4. The van der Waals surface area contributed by atoms with Gasteiger partial charge in [-0.3, -0.25) is 4.79 Å². The van der Waals surface area contributed by atoms with E-state index < -0.39 is 27.6 Å². The first-order valence-corrected chi connectivity index (χ1v) is 13.0. The molecule has 2 heterocycles. The molecule has 0 unspecified atom stereocenters. The van der Waals surface area contributed by atoms with Gasteiger partial charge in [0.2, 0.25) is 15.9 Å². The number of piperidine rings is 1. The average molecular weight is 566 g/mol. The summed E-state index contributed by atoms with van der Waals surface area (Å²) in [4.78, 5) is 12.5. The van der Waals surface area contributed by atoms with Crippen molar-refractivity contribution >= 4 is 49.7 Å². The molecule has 4 rings (SSSR count). The Kier molecular flexibility index (Phi) is 7.48. The summed E-state index contributed by atoms with van der Waals surface area (Å²) in [5.41, 5.74) is 0.530. The van der Waals surface area contributed by atoms with Gasteiger partial charge >= 0.3 is 0 Å². The highest BCUT2D eigenvalue weighted by molar-refractivity contribution is 9.10. The number of sulfonamides is 1. The minimum atomic E-state index is -3.98. The fourth-order valence-corrected chi connectivity index (χ4v) is 5.94. The van der Waals surface area contributed by atoms with Gasteiger partial charge in [-0.25, -0.2) is 17.2 Å². The summed E-state index contributed by atoms with van der Waals surface area (Å²) in [6.45, 7) is 1.72. The molecule has 1 aromatic heterocycles. The predicted octanol–water partition coefficient (Wildman–Crippen LogP) is 5.23. The van der Waals surface area contributed by atoms with Gasteiger partial charge in [-0.15, -0.1) is 0 Å². The Morgan fingerprint density at radius 3 is 2.54 bits per heavy atom. The molecule has 2 aromatic carbocycles. The van der Waals surface area contributed by atoms with Gasteiger partial charge in [0.05, 0.1) is 5.69 Å². The van der Waals surface area contributed by atoms with E-state index in [-0.39, 0.29) is 59.4 Å². The van der Waals surface area contributed by atoms with Crippen molar-refractivity contribution in [3.8, 4) is 0 Å². The van der Waals surface area contributed by atoms with Gasteiger partial charge in [-0.2, -0.15) is 4.31 Å². The quantitative estimate of drug-likeness (QED) is 0.441. The van der Waals surface area contributed by atoms with Crippen LogP contribution in [0.1, 0.15) is 29.9 Å². The van der Waals surface area contributed by atoms with Crippen LogP contribution in [0.3, 0.4) is 0 Å². The smallest absolute Gasteiger partial charge is 0.248 e. The Balaban J connectivity index is 1.46. The van der Waals surface area contributed by atoms with Crippen LogP contribution < -0.4 is 5.32 Å². The molecule has 1 aliphatic rings. The van der Waals surface area contributed by atoms with E-state index in [1.807, 2.05) is 0 Å². The molecule has 1 aliphatic heterocycles. The predicted molar refractivity (Wildman–Crippen MR) is 131 cm³/mol. The van der Waals surface area contributed by atoms with Gasteiger partial charge < -0.3 is 9.84 Å². The van der Waals surface area contributed by atoms with Crippen molar-refractivity contribution in [2.24, 2.45) is 5.92 Å². The van der Waals surface area contributed by atoms with Crippen molar-refractivity contribution in [3.05, 3.63) is 75.6 Å². The van der Waals surface area contributed by atoms with Crippen LogP contribution in [0.5, 0.6) is 0 Å². The molecular weight excluding hydrogens is 544 g/mol. The molecule has 1 amide bonds. The Bertz CT molecular complexity index is 1380. The molecular formula is C24H22BrF2N3O4S.